The van der Waals surface area contributed by atoms with E-state index in [0.29, 0.717) is 11.5 Å². The van der Waals surface area contributed by atoms with E-state index in [1.165, 1.54) is 19.3 Å². The van der Waals surface area contributed by atoms with Crippen molar-refractivity contribution in [1.29, 1.82) is 0 Å². The van der Waals surface area contributed by atoms with Crippen molar-refractivity contribution in [3.8, 4) is 0 Å². The van der Waals surface area contributed by atoms with Crippen molar-refractivity contribution in [1.82, 2.24) is 5.32 Å². The number of rotatable bonds is 4. The zero-order valence-corrected chi connectivity index (χ0v) is 11.5. The van der Waals surface area contributed by atoms with E-state index in [4.69, 9.17) is 0 Å². The Morgan fingerprint density at radius 3 is 2.31 bits per heavy atom. The van der Waals surface area contributed by atoms with Crippen LogP contribution in [0.25, 0.3) is 0 Å². The van der Waals surface area contributed by atoms with Crippen molar-refractivity contribution in [2.24, 2.45) is 5.41 Å². The first-order valence-corrected chi connectivity index (χ1v) is 6.74. The van der Waals surface area contributed by atoms with E-state index in [2.05, 4.69) is 26.1 Å². The molecule has 0 spiro atoms. The van der Waals surface area contributed by atoms with Gasteiger partial charge in [0, 0.05) is 6.04 Å². The zero-order valence-electron chi connectivity index (χ0n) is 11.5. The van der Waals surface area contributed by atoms with Crippen LogP contribution >= 0.6 is 0 Å². The molecule has 0 bridgehead atoms. The minimum Gasteiger partial charge on any atom is -0.390 e. The molecule has 1 fully saturated rings. The second-order valence-electron chi connectivity index (χ2n) is 6.91. The van der Waals surface area contributed by atoms with Gasteiger partial charge in [0.25, 0.3) is 0 Å². The molecule has 1 aliphatic rings. The normalized spacial score (nSPS) is 26.4. The summed E-state index contributed by atoms with van der Waals surface area (Å²) < 4.78 is 0. The first kappa shape index (κ1) is 14.0. The van der Waals surface area contributed by atoms with Crippen LogP contribution in [0.5, 0.6) is 0 Å². The maximum absolute atomic E-state index is 10.4. The molecule has 2 atom stereocenters. The molecule has 16 heavy (non-hydrogen) atoms. The molecule has 96 valence electrons. The van der Waals surface area contributed by atoms with Crippen LogP contribution in [-0.2, 0) is 0 Å². The van der Waals surface area contributed by atoms with E-state index >= 15 is 0 Å². The van der Waals surface area contributed by atoms with Crippen LogP contribution < -0.4 is 5.32 Å². The lowest BCUT2D eigenvalue weighted by Crippen LogP contribution is -2.41. The SMILES string of the molecule is CC(C)(C)CCC(C)(O)CC1CCCCN1. The third-order valence-corrected chi connectivity index (χ3v) is 3.51. The van der Waals surface area contributed by atoms with Crippen LogP contribution in [0.1, 0.15) is 66.2 Å². The van der Waals surface area contributed by atoms with Crippen LogP contribution in [0.15, 0.2) is 0 Å². The van der Waals surface area contributed by atoms with Crippen LogP contribution in [0.4, 0.5) is 0 Å². The molecular weight excluding hydrogens is 198 g/mol. The summed E-state index contributed by atoms with van der Waals surface area (Å²) in [5, 5.41) is 13.9. The Morgan fingerprint density at radius 2 is 1.81 bits per heavy atom. The fraction of sp³-hybridized carbons (Fsp3) is 1.00. The molecule has 2 N–H and O–H groups in total. The van der Waals surface area contributed by atoms with Gasteiger partial charge in [-0.05, 0) is 51.0 Å². The van der Waals surface area contributed by atoms with E-state index in [1.54, 1.807) is 0 Å². The van der Waals surface area contributed by atoms with Gasteiger partial charge in [0.05, 0.1) is 5.60 Å². The highest BCUT2D eigenvalue weighted by atomic mass is 16.3. The summed E-state index contributed by atoms with van der Waals surface area (Å²) >= 11 is 0. The van der Waals surface area contributed by atoms with Gasteiger partial charge >= 0.3 is 0 Å². The summed E-state index contributed by atoms with van der Waals surface area (Å²) in [5.74, 6) is 0. The molecule has 0 saturated carbocycles. The Bertz CT molecular complexity index is 199. The molecule has 1 aliphatic heterocycles. The van der Waals surface area contributed by atoms with Crippen LogP contribution in [0.3, 0.4) is 0 Å². The summed E-state index contributed by atoms with van der Waals surface area (Å²) in [5.41, 5.74) is -0.174. The average Bonchev–Trinajstić information content (AvgIpc) is 2.15. The van der Waals surface area contributed by atoms with Gasteiger partial charge in [-0.25, -0.2) is 0 Å². The highest BCUT2D eigenvalue weighted by molar-refractivity contribution is 4.84. The molecule has 0 aromatic heterocycles. The molecule has 1 rings (SSSR count). The molecule has 2 nitrogen and oxygen atoms in total. The summed E-state index contributed by atoms with van der Waals surface area (Å²) in [6.45, 7) is 9.83. The Balaban J connectivity index is 2.32. The van der Waals surface area contributed by atoms with Gasteiger partial charge in [-0.2, -0.15) is 0 Å². The fourth-order valence-electron chi connectivity index (χ4n) is 2.38. The van der Waals surface area contributed by atoms with Gasteiger partial charge in [-0.15, -0.1) is 0 Å². The number of piperidine rings is 1. The van der Waals surface area contributed by atoms with Crippen LogP contribution in [0, 0.1) is 5.41 Å². The number of hydrogen-bond acceptors (Lipinski definition) is 2. The van der Waals surface area contributed by atoms with Crippen molar-refractivity contribution >= 4 is 0 Å². The fourth-order valence-corrected chi connectivity index (χ4v) is 2.38. The van der Waals surface area contributed by atoms with E-state index < -0.39 is 5.60 Å². The first-order chi connectivity index (χ1) is 7.29. The van der Waals surface area contributed by atoms with Crippen LogP contribution in [-0.4, -0.2) is 23.3 Å². The van der Waals surface area contributed by atoms with Crippen molar-refractivity contribution in [3.05, 3.63) is 0 Å². The standard InChI is InChI=1S/C14H29NO/c1-13(2,3)8-9-14(4,16)11-12-7-5-6-10-15-12/h12,15-16H,5-11H2,1-4H3. The van der Waals surface area contributed by atoms with Crippen molar-refractivity contribution in [2.75, 3.05) is 6.54 Å². The minimum absolute atomic E-state index is 0.323. The van der Waals surface area contributed by atoms with E-state index in [1.807, 2.05) is 6.92 Å². The smallest absolute Gasteiger partial charge is 0.0634 e. The van der Waals surface area contributed by atoms with Crippen molar-refractivity contribution in [2.45, 2.75) is 77.9 Å². The van der Waals surface area contributed by atoms with Crippen LogP contribution in [0.2, 0.25) is 0 Å². The number of aliphatic hydroxyl groups is 1. The number of hydrogen-bond donors (Lipinski definition) is 2. The molecule has 1 heterocycles. The Labute approximate surface area is 101 Å². The quantitative estimate of drug-likeness (QED) is 0.773. The largest absolute Gasteiger partial charge is 0.390 e. The maximum Gasteiger partial charge on any atom is 0.0634 e. The molecule has 0 aromatic carbocycles. The van der Waals surface area contributed by atoms with Gasteiger partial charge < -0.3 is 10.4 Å². The number of nitrogens with one attached hydrogen (secondary N) is 1. The zero-order chi connectivity index (χ0) is 12.2. The van der Waals surface area contributed by atoms with Crippen molar-refractivity contribution < 1.29 is 5.11 Å². The average molecular weight is 227 g/mol. The second-order valence-corrected chi connectivity index (χ2v) is 6.91. The van der Waals surface area contributed by atoms with Gasteiger partial charge in [0.2, 0.25) is 0 Å². The van der Waals surface area contributed by atoms with E-state index in [0.717, 1.165) is 25.8 Å². The molecule has 0 amide bonds. The molecule has 0 radical (unpaired) electrons. The summed E-state index contributed by atoms with van der Waals surface area (Å²) in [6, 6.07) is 0.531. The Hall–Kier alpha value is -0.0800. The molecule has 2 heteroatoms. The monoisotopic (exact) mass is 227 g/mol. The Morgan fingerprint density at radius 1 is 1.12 bits per heavy atom. The molecular formula is C14H29NO. The third-order valence-electron chi connectivity index (χ3n) is 3.51. The topological polar surface area (TPSA) is 32.3 Å². The summed E-state index contributed by atoms with van der Waals surface area (Å²) in [7, 11) is 0. The maximum atomic E-state index is 10.4. The minimum atomic E-state index is -0.498. The lowest BCUT2D eigenvalue weighted by Gasteiger charge is -2.33. The first-order valence-electron chi connectivity index (χ1n) is 6.74. The highest BCUT2D eigenvalue weighted by Gasteiger charge is 2.27. The lowest BCUT2D eigenvalue weighted by molar-refractivity contribution is 0.0186. The predicted octanol–water partition coefficient (Wildman–Crippen LogP) is 3.10. The van der Waals surface area contributed by atoms with Crippen molar-refractivity contribution in [3.63, 3.8) is 0 Å². The predicted molar refractivity (Wildman–Crippen MR) is 69.6 cm³/mol. The van der Waals surface area contributed by atoms with E-state index in [-0.39, 0.29) is 0 Å². The summed E-state index contributed by atoms with van der Waals surface area (Å²) in [4.78, 5) is 0. The van der Waals surface area contributed by atoms with Gasteiger partial charge in [-0.3, -0.25) is 0 Å². The van der Waals surface area contributed by atoms with E-state index in [9.17, 15) is 5.11 Å². The molecule has 1 saturated heterocycles. The van der Waals surface area contributed by atoms with Gasteiger partial charge in [0.15, 0.2) is 0 Å². The molecule has 2 unspecified atom stereocenters. The molecule has 0 aliphatic carbocycles. The Kier molecular flexibility index (Phi) is 4.81. The highest BCUT2D eigenvalue weighted by Crippen LogP contribution is 2.29. The third kappa shape index (κ3) is 5.86. The van der Waals surface area contributed by atoms with Gasteiger partial charge in [-0.1, -0.05) is 27.2 Å². The lowest BCUT2D eigenvalue weighted by atomic mass is 9.82. The second kappa shape index (κ2) is 5.50. The summed E-state index contributed by atoms with van der Waals surface area (Å²) in [6.07, 6.45) is 6.74. The van der Waals surface area contributed by atoms with Gasteiger partial charge in [0.1, 0.15) is 0 Å². The molecule has 0 aromatic rings.